The first-order chi connectivity index (χ1) is 28.8. The topological polar surface area (TPSA) is 275 Å². The van der Waals surface area contributed by atoms with Crippen LogP contribution < -0.4 is 9.80 Å². The summed E-state index contributed by atoms with van der Waals surface area (Å²) >= 11 is 0. The molecule has 2 aromatic carbocycles. The molecule has 63 heavy (non-hydrogen) atoms. The van der Waals surface area contributed by atoms with E-state index in [0.717, 1.165) is 32.2 Å². The fourth-order valence-electron chi connectivity index (χ4n) is 8.36. The van der Waals surface area contributed by atoms with Gasteiger partial charge in [0.2, 0.25) is 15.9 Å². The predicted octanol–water partition coefficient (Wildman–Crippen LogP) is 0.153. The molecule has 9 amide bonds. The van der Waals surface area contributed by atoms with Crippen molar-refractivity contribution in [1.29, 1.82) is 0 Å². The third kappa shape index (κ3) is 5.70. The second-order valence-electron chi connectivity index (χ2n) is 15.6. The molecule has 0 aromatic heterocycles. The summed E-state index contributed by atoms with van der Waals surface area (Å²) in [5.74, 6) is -9.82. The van der Waals surface area contributed by atoms with Crippen LogP contribution in [0.2, 0.25) is 0 Å². The molecule has 2 spiro atoms. The van der Waals surface area contributed by atoms with E-state index in [0.29, 0.717) is 35.0 Å². The highest BCUT2D eigenvalue weighted by Gasteiger charge is 2.81. The normalized spacial score (nSPS) is 17.8. The van der Waals surface area contributed by atoms with Crippen LogP contribution in [0.1, 0.15) is 81.8 Å². The Morgan fingerprint density at radius 3 is 1.03 bits per heavy atom. The number of hydrogen-bond donors (Lipinski definition) is 0. The van der Waals surface area contributed by atoms with E-state index >= 15 is 0 Å². The maximum absolute atomic E-state index is 13.2. The number of sulfonamides is 2. The largest absolute Gasteiger partial charge is 0.294 e. The van der Waals surface area contributed by atoms with Crippen LogP contribution in [0.5, 0.6) is 0 Å². The number of β-lactam (4-membered cyclic amide) rings is 8. The van der Waals surface area contributed by atoms with E-state index in [1.165, 1.54) is 55.6 Å². The zero-order chi connectivity index (χ0) is 48.5. The van der Waals surface area contributed by atoms with Crippen molar-refractivity contribution in [3.63, 3.8) is 0 Å². The van der Waals surface area contributed by atoms with Crippen molar-refractivity contribution in [2.24, 2.45) is 10.8 Å². The van der Waals surface area contributed by atoms with Crippen molar-refractivity contribution < 1.29 is 69.6 Å². The Bertz CT molecular complexity index is 2830. The van der Waals surface area contributed by atoms with Gasteiger partial charge in [-0.2, -0.15) is 0 Å². The van der Waals surface area contributed by atoms with Crippen molar-refractivity contribution >= 4 is 96.2 Å². The average Bonchev–Trinajstić information content (AvgIpc) is 3.21. The third-order valence-corrected chi connectivity index (χ3v) is 16.5. The Morgan fingerprint density at radius 2 is 0.778 bits per heavy atom. The van der Waals surface area contributed by atoms with E-state index in [4.69, 9.17) is 0 Å². The maximum atomic E-state index is 13.2. The second kappa shape index (κ2) is 14.9. The van der Waals surface area contributed by atoms with Gasteiger partial charge in [0.05, 0.1) is 16.3 Å². The monoisotopic (exact) mass is 912 g/mol. The molecule has 4 heterocycles. The number of benzene rings is 2. The minimum absolute atomic E-state index is 0.0234. The van der Waals surface area contributed by atoms with Gasteiger partial charge in [-0.25, -0.2) is 35.2 Å². The summed E-state index contributed by atoms with van der Waals surface area (Å²) in [6.07, 6.45) is 0. The molecule has 0 aliphatic carbocycles. The zero-order valence-electron chi connectivity index (χ0n) is 36.8. The van der Waals surface area contributed by atoms with Crippen molar-refractivity contribution in [2.75, 3.05) is 44.5 Å². The number of amides is 9. The molecule has 0 N–H and O–H groups in total. The minimum atomic E-state index is -4.54. The second-order valence-corrected chi connectivity index (χ2v) is 19.5. The van der Waals surface area contributed by atoms with Gasteiger partial charge in [-0.3, -0.25) is 62.5 Å². The van der Waals surface area contributed by atoms with E-state index in [-0.39, 0.29) is 56.2 Å². The first kappa shape index (κ1) is 47.7. The summed E-state index contributed by atoms with van der Waals surface area (Å²) in [4.78, 5) is 139. The number of carbonyl (C=O) groups is 11. The SMILES string of the molecule is CC(=O)c1c(C)c(C)c(N2C(=O)C3(C(=O)N(C)C3=O)C2=O)c(C)c1S(=O)(=O)N(C)C(C)=O.CCN(C)S(=O)(=O)c1c(C)c(N2C(=O)C3(C(=O)N(C)C3=O)C2=O)c(C)c(C)c1C(C)=O. The number of carbonyl (C=O) groups excluding carboxylic acids is 11. The molecular formula is C40H44N6O15S2. The van der Waals surface area contributed by atoms with Gasteiger partial charge in [0.1, 0.15) is 4.90 Å². The van der Waals surface area contributed by atoms with Crippen LogP contribution in [0.15, 0.2) is 9.79 Å². The first-order valence-electron chi connectivity index (χ1n) is 19.0. The van der Waals surface area contributed by atoms with Crippen molar-refractivity contribution in [3.05, 3.63) is 44.5 Å². The van der Waals surface area contributed by atoms with Gasteiger partial charge in [-0.05, 0) is 88.8 Å². The Morgan fingerprint density at radius 1 is 0.492 bits per heavy atom. The number of likely N-dealkylation sites (tertiary alicyclic amines) is 2. The molecule has 23 heteroatoms. The van der Waals surface area contributed by atoms with Gasteiger partial charge >= 0.3 is 0 Å². The van der Waals surface area contributed by atoms with Crippen molar-refractivity contribution in [2.45, 2.75) is 79.0 Å². The van der Waals surface area contributed by atoms with E-state index in [1.807, 2.05) is 0 Å². The molecule has 336 valence electrons. The minimum Gasteiger partial charge on any atom is -0.294 e. The summed E-state index contributed by atoms with van der Waals surface area (Å²) in [7, 11) is -3.99. The lowest BCUT2D eigenvalue weighted by atomic mass is 9.68. The number of Topliss-reactive ketones (excluding diaryl/α,β-unsaturated/α-hetero) is 2. The highest BCUT2D eigenvalue weighted by atomic mass is 32.2. The number of ketones is 2. The fourth-order valence-corrected chi connectivity index (χ4v) is 11.7. The van der Waals surface area contributed by atoms with Crippen LogP contribution in [0, 0.1) is 52.4 Å². The lowest BCUT2D eigenvalue weighted by Gasteiger charge is -2.52. The van der Waals surface area contributed by atoms with Crippen LogP contribution in [0.3, 0.4) is 0 Å². The van der Waals surface area contributed by atoms with Crippen LogP contribution in [-0.4, -0.2) is 135 Å². The fraction of sp³-hybridized carbons (Fsp3) is 0.425. The Labute approximate surface area is 362 Å². The molecule has 0 bridgehead atoms. The van der Waals surface area contributed by atoms with E-state index < -0.39 is 101 Å². The Kier molecular flexibility index (Phi) is 11.3. The van der Waals surface area contributed by atoms with Gasteiger partial charge in [-0.1, -0.05) is 6.92 Å². The summed E-state index contributed by atoms with van der Waals surface area (Å²) in [5, 5.41) is 0. The van der Waals surface area contributed by atoms with E-state index in [2.05, 4.69) is 0 Å². The molecule has 0 atom stereocenters. The summed E-state index contributed by atoms with van der Waals surface area (Å²) in [5.41, 5.74) is -4.22. The predicted molar refractivity (Wildman–Crippen MR) is 218 cm³/mol. The Balaban J connectivity index is 0.000000238. The zero-order valence-corrected chi connectivity index (χ0v) is 38.5. The molecule has 4 saturated heterocycles. The quantitative estimate of drug-likeness (QED) is 0.184. The summed E-state index contributed by atoms with van der Waals surface area (Å²) in [6.45, 7) is 13.9. The number of anilines is 2. The highest BCUT2D eigenvalue weighted by Crippen LogP contribution is 2.51. The van der Waals surface area contributed by atoms with E-state index in [9.17, 15) is 69.6 Å². The average molecular weight is 913 g/mol. The molecule has 0 radical (unpaired) electrons. The molecule has 2 aromatic rings. The Hall–Kier alpha value is -6.33. The lowest BCUT2D eigenvalue weighted by Crippen LogP contribution is -2.84. The standard InChI is InChI=1S/C20H21N3O8S.C20H23N3O7S/c1-8-9(2)14(23-18(28)20(19(23)29)16(26)21(6)17(20)27)10(3)15(13(8)11(4)24)32(30,31)22(7)12(5)25;1-8-21(6)31(29,30)15-11(4)14(10(3)9(2)13(15)12(5)24)23-18(27)20(19(23)28)16(25)22(7)17(20)26/h1-7H3;8H2,1-7H3. The number of nitrogens with zero attached hydrogens (tertiary/aromatic N) is 6. The number of rotatable bonds is 9. The van der Waals surface area contributed by atoms with Gasteiger partial charge in [0.25, 0.3) is 68.1 Å². The molecule has 0 saturated carbocycles. The molecule has 0 unspecified atom stereocenters. The smallest absolute Gasteiger partial charge is 0.285 e. The molecular weight excluding hydrogens is 869 g/mol. The third-order valence-electron chi connectivity index (χ3n) is 12.4. The van der Waals surface area contributed by atoms with Crippen molar-refractivity contribution in [1.82, 2.24) is 18.4 Å². The van der Waals surface area contributed by atoms with Crippen LogP contribution in [-0.2, 0) is 63.2 Å². The van der Waals surface area contributed by atoms with Gasteiger partial charge < -0.3 is 0 Å². The highest BCUT2D eigenvalue weighted by molar-refractivity contribution is 7.90. The first-order valence-corrected chi connectivity index (χ1v) is 21.8. The van der Waals surface area contributed by atoms with Crippen LogP contribution >= 0.6 is 0 Å². The van der Waals surface area contributed by atoms with Crippen LogP contribution in [0.25, 0.3) is 0 Å². The van der Waals surface area contributed by atoms with Crippen molar-refractivity contribution in [3.8, 4) is 0 Å². The molecule has 21 nitrogen and oxygen atoms in total. The summed E-state index contributed by atoms with van der Waals surface area (Å²) in [6, 6.07) is 0. The molecule has 4 aliphatic rings. The molecule has 4 aliphatic heterocycles. The van der Waals surface area contributed by atoms with Gasteiger partial charge in [0, 0.05) is 52.8 Å². The molecule has 4 fully saturated rings. The summed E-state index contributed by atoms with van der Waals surface area (Å²) < 4.78 is 54.4. The maximum Gasteiger partial charge on any atom is 0.285 e. The van der Waals surface area contributed by atoms with Crippen LogP contribution in [0.4, 0.5) is 11.4 Å². The lowest BCUT2D eigenvalue weighted by molar-refractivity contribution is -0.187. The van der Waals surface area contributed by atoms with Gasteiger partial charge in [0.15, 0.2) is 11.6 Å². The number of imide groups is 4. The van der Waals surface area contributed by atoms with E-state index in [1.54, 1.807) is 13.8 Å². The molecule has 6 rings (SSSR count). The van der Waals surface area contributed by atoms with Gasteiger partial charge in [-0.15, -0.1) is 0 Å². The number of hydrogen-bond acceptors (Lipinski definition) is 15.